The third-order valence-corrected chi connectivity index (χ3v) is 1.35. The van der Waals surface area contributed by atoms with E-state index in [1.54, 1.807) is 0 Å². The first kappa shape index (κ1) is 20.4. The van der Waals surface area contributed by atoms with Crippen LogP contribution in [0.3, 0.4) is 0 Å². The van der Waals surface area contributed by atoms with Crippen molar-refractivity contribution >= 4 is 11.9 Å². The molecule has 0 atom stereocenters. The third-order valence-electron chi connectivity index (χ3n) is 1.35. The Bertz CT molecular complexity index is 129. The molecule has 0 heterocycles. The molecule has 0 spiro atoms. The van der Waals surface area contributed by atoms with Crippen molar-refractivity contribution in [3.05, 3.63) is 6.92 Å². The Morgan fingerprint density at radius 1 is 0.938 bits per heavy atom. The fourth-order valence-electron chi connectivity index (χ4n) is 0.780. The van der Waals surface area contributed by atoms with Crippen LogP contribution in [0, 0.1) is 6.92 Å². The standard InChI is InChI=1S/C8H17.2C2H4O2/c1-3-5-7-8-6-4-2;2*1-2(3)4/h1,3-8H2,2H3;2*1H3,(H,3,4). The van der Waals surface area contributed by atoms with E-state index in [1.165, 1.54) is 32.1 Å². The molecule has 0 saturated heterocycles. The van der Waals surface area contributed by atoms with Crippen LogP contribution in [-0.4, -0.2) is 22.2 Å². The molecule has 0 unspecified atom stereocenters. The number of carbonyl (C=O) groups is 2. The number of carboxylic acids is 2. The number of aliphatic carboxylic acids is 2. The van der Waals surface area contributed by atoms with E-state index in [2.05, 4.69) is 13.8 Å². The summed E-state index contributed by atoms with van der Waals surface area (Å²) in [5, 5.41) is 14.8. The lowest BCUT2D eigenvalue weighted by Crippen LogP contribution is -1.78. The van der Waals surface area contributed by atoms with Gasteiger partial charge >= 0.3 is 0 Å². The molecule has 0 aliphatic rings. The molecule has 0 aromatic heterocycles. The molecule has 1 radical (unpaired) electrons. The average molecular weight is 233 g/mol. The van der Waals surface area contributed by atoms with E-state index in [1.807, 2.05) is 0 Å². The molecule has 2 N–H and O–H groups in total. The van der Waals surface area contributed by atoms with Crippen LogP contribution in [0.5, 0.6) is 0 Å². The van der Waals surface area contributed by atoms with Crippen molar-refractivity contribution in [3.8, 4) is 0 Å². The van der Waals surface area contributed by atoms with Gasteiger partial charge < -0.3 is 10.2 Å². The summed E-state index contributed by atoms with van der Waals surface area (Å²) in [6.07, 6.45) is 7.98. The van der Waals surface area contributed by atoms with Gasteiger partial charge in [-0.05, 0) is 0 Å². The van der Waals surface area contributed by atoms with Gasteiger partial charge in [0.2, 0.25) is 0 Å². The van der Waals surface area contributed by atoms with Gasteiger partial charge in [0.1, 0.15) is 0 Å². The number of hydrogen-bond acceptors (Lipinski definition) is 2. The van der Waals surface area contributed by atoms with E-state index >= 15 is 0 Å². The first-order chi connectivity index (χ1) is 7.38. The lowest BCUT2D eigenvalue weighted by molar-refractivity contribution is -0.135. The summed E-state index contributed by atoms with van der Waals surface area (Å²) < 4.78 is 0. The summed E-state index contributed by atoms with van der Waals surface area (Å²) in [4.78, 5) is 18.0. The molecular formula is C12H25O4. The lowest BCUT2D eigenvalue weighted by atomic mass is 10.1. The quantitative estimate of drug-likeness (QED) is 0.714. The van der Waals surface area contributed by atoms with Crippen molar-refractivity contribution in [2.75, 3.05) is 0 Å². The second-order valence-corrected chi connectivity index (χ2v) is 3.31. The van der Waals surface area contributed by atoms with Crippen molar-refractivity contribution in [1.82, 2.24) is 0 Å². The highest BCUT2D eigenvalue weighted by Gasteiger charge is 1.83. The molecule has 0 aliphatic carbocycles. The van der Waals surface area contributed by atoms with E-state index < -0.39 is 11.9 Å². The number of rotatable bonds is 5. The molecule has 0 bridgehead atoms. The molecular weight excluding hydrogens is 208 g/mol. The molecule has 0 saturated carbocycles. The molecule has 0 rings (SSSR count). The maximum absolute atomic E-state index is 9.00. The topological polar surface area (TPSA) is 74.6 Å². The first-order valence-electron chi connectivity index (χ1n) is 5.56. The van der Waals surface area contributed by atoms with E-state index in [9.17, 15) is 0 Å². The van der Waals surface area contributed by atoms with Gasteiger partial charge in [-0.25, -0.2) is 0 Å². The predicted octanol–water partition coefficient (Wildman–Crippen LogP) is 3.36. The van der Waals surface area contributed by atoms with Crippen LogP contribution in [-0.2, 0) is 9.59 Å². The highest BCUT2D eigenvalue weighted by molar-refractivity contribution is 5.63. The zero-order chi connectivity index (χ0) is 13.4. The van der Waals surface area contributed by atoms with Gasteiger partial charge in [-0.15, -0.1) is 0 Å². The first-order valence-corrected chi connectivity index (χ1v) is 5.56. The number of carboxylic acid groups (broad SMARTS) is 2. The molecule has 0 aliphatic heterocycles. The summed E-state index contributed by atoms with van der Waals surface area (Å²) in [7, 11) is 0. The van der Waals surface area contributed by atoms with Gasteiger partial charge in [-0.1, -0.05) is 52.4 Å². The summed E-state index contributed by atoms with van der Waals surface area (Å²) in [6.45, 7) is 8.19. The van der Waals surface area contributed by atoms with Gasteiger partial charge in [0, 0.05) is 13.8 Å². The van der Waals surface area contributed by atoms with E-state index in [4.69, 9.17) is 19.8 Å². The fourth-order valence-corrected chi connectivity index (χ4v) is 0.780. The Labute approximate surface area is 98.7 Å². The molecule has 0 fully saturated rings. The van der Waals surface area contributed by atoms with Gasteiger partial charge in [-0.2, -0.15) is 0 Å². The van der Waals surface area contributed by atoms with Gasteiger partial charge in [0.15, 0.2) is 0 Å². The maximum atomic E-state index is 9.00. The van der Waals surface area contributed by atoms with Crippen LogP contribution in [0.15, 0.2) is 0 Å². The van der Waals surface area contributed by atoms with E-state index in [0.717, 1.165) is 20.3 Å². The minimum absolute atomic E-state index is 0.833. The summed E-state index contributed by atoms with van der Waals surface area (Å²) in [6, 6.07) is 0. The molecule has 16 heavy (non-hydrogen) atoms. The Morgan fingerprint density at radius 2 is 1.25 bits per heavy atom. The van der Waals surface area contributed by atoms with Crippen LogP contribution in [0.2, 0.25) is 0 Å². The second kappa shape index (κ2) is 19.5. The molecule has 97 valence electrons. The Morgan fingerprint density at radius 3 is 1.50 bits per heavy atom. The maximum Gasteiger partial charge on any atom is 0.300 e. The van der Waals surface area contributed by atoms with Crippen molar-refractivity contribution < 1.29 is 19.8 Å². The SMILES string of the molecule is CC(=O)O.CC(=O)O.[CH2]CCCCCCC. The minimum Gasteiger partial charge on any atom is -0.481 e. The van der Waals surface area contributed by atoms with Crippen LogP contribution in [0.25, 0.3) is 0 Å². The van der Waals surface area contributed by atoms with Crippen molar-refractivity contribution in [1.29, 1.82) is 0 Å². The molecule has 4 heteroatoms. The smallest absolute Gasteiger partial charge is 0.300 e. The van der Waals surface area contributed by atoms with E-state index in [0.29, 0.717) is 0 Å². The van der Waals surface area contributed by atoms with E-state index in [-0.39, 0.29) is 0 Å². The van der Waals surface area contributed by atoms with Crippen LogP contribution < -0.4 is 0 Å². The Balaban J connectivity index is -0.000000179. The second-order valence-electron chi connectivity index (χ2n) is 3.31. The molecule has 0 aromatic carbocycles. The normalized spacial score (nSPS) is 8.00. The van der Waals surface area contributed by atoms with Crippen LogP contribution in [0.1, 0.15) is 59.3 Å². The Hall–Kier alpha value is -1.06. The van der Waals surface area contributed by atoms with Gasteiger partial charge in [0.25, 0.3) is 11.9 Å². The monoisotopic (exact) mass is 233 g/mol. The third kappa shape index (κ3) is 119. The largest absolute Gasteiger partial charge is 0.481 e. The van der Waals surface area contributed by atoms with Gasteiger partial charge in [-0.3, -0.25) is 9.59 Å². The highest BCUT2D eigenvalue weighted by Crippen LogP contribution is 2.03. The van der Waals surface area contributed by atoms with Gasteiger partial charge in [0.05, 0.1) is 0 Å². The van der Waals surface area contributed by atoms with Crippen molar-refractivity contribution in [3.63, 3.8) is 0 Å². The summed E-state index contributed by atoms with van der Waals surface area (Å²) in [5.41, 5.74) is 0. The fraction of sp³-hybridized carbons (Fsp3) is 0.750. The van der Waals surface area contributed by atoms with Crippen molar-refractivity contribution in [2.45, 2.75) is 59.3 Å². The molecule has 0 aromatic rings. The van der Waals surface area contributed by atoms with Crippen LogP contribution in [0.4, 0.5) is 0 Å². The van der Waals surface area contributed by atoms with Crippen LogP contribution >= 0.6 is 0 Å². The molecule has 4 nitrogen and oxygen atoms in total. The Kier molecular flexibility index (Phi) is 24.8. The lowest BCUT2D eigenvalue weighted by Gasteiger charge is -1.93. The predicted molar refractivity (Wildman–Crippen MR) is 65.4 cm³/mol. The minimum atomic E-state index is -0.833. The summed E-state index contributed by atoms with van der Waals surface area (Å²) >= 11 is 0. The number of unbranched alkanes of at least 4 members (excludes halogenated alkanes) is 5. The molecule has 0 amide bonds. The average Bonchev–Trinajstić information content (AvgIpc) is 2.11. The van der Waals surface area contributed by atoms with Crippen molar-refractivity contribution in [2.24, 2.45) is 0 Å². The number of hydrogen-bond donors (Lipinski definition) is 2. The summed E-state index contributed by atoms with van der Waals surface area (Å²) in [5.74, 6) is -1.67. The highest BCUT2D eigenvalue weighted by atomic mass is 16.4. The zero-order valence-corrected chi connectivity index (χ0v) is 10.7. The zero-order valence-electron chi connectivity index (χ0n) is 10.7.